The summed E-state index contributed by atoms with van der Waals surface area (Å²) in [6, 6.07) is 14.0. The maximum Gasteiger partial charge on any atom is 0.417 e. The summed E-state index contributed by atoms with van der Waals surface area (Å²) < 4.78 is 40.0. The van der Waals surface area contributed by atoms with E-state index in [-0.39, 0.29) is 12.1 Å². The van der Waals surface area contributed by atoms with Gasteiger partial charge in [-0.2, -0.15) is 13.2 Å². The molecule has 0 saturated carbocycles. The van der Waals surface area contributed by atoms with Crippen LogP contribution in [0.25, 0.3) is 5.82 Å². The summed E-state index contributed by atoms with van der Waals surface area (Å²) in [5.41, 5.74) is 1.18. The van der Waals surface area contributed by atoms with Crippen LogP contribution in [-0.4, -0.2) is 46.7 Å². The van der Waals surface area contributed by atoms with Gasteiger partial charge in [0.15, 0.2) is 0 Å². The summed E-state index contributed by atoms with van der Waals surface area (Å²) >= 11 is 0. The number of para-hydroxylation sites is 1. The molecule has 0 atom stereocenters. The van der Waals surface area contributed by atoms with Gasteiger partial charge in [-0.25, -0.2) is 9.78 Å². The van der Waals surface area contributed by atoms with Crippen molar-refractivity contribution in [1.82, 2.24) is 19.8 Å². The van der Waals surface area contributed by atoms with E-state index in [9.17, 15) is 18.0 Å². The van der Waals surface area contributed by atoms with Crippen LogP contribution in [0, 0.1) is 0 Å². The van der Waals surface area contributed by atoms with Gasteiger partial charge in [0, 0.05) is 57.0 Å². The predicted molar refractivity (Wildman–Crippen MR) is 120 cm³/mol. The van der Waals surface area contributed by atoms with Crippen molar-refractivity contribution in [3.63, 3.8) is 0 Å². The molecule has 6 nitrogen and oxygen atoms in total. The maximum absolute atomic E-state index is 12.7. The highest BCUT2D eigenvalue weighted by Gasteiger charge is 2.31. The zero-order valence-corrected chi connectivity index (χ0v) is 18.3. The van der Waals surface area contributed by atoms with Crippen LogP contribution in [0.4, 0.5) is 23.7 Å². The molecule has 3 aromatic rings. The number of benzene rings is 1. The summed E-state index contributed by atoms with van der Waals surface area (Å²) in [5.74, 6) is 0.442. The van der Waals surface area contributed by atoms with Crippen molar-refractivity contribution >= 4 is 11.7 Å². The number of halogens is 3. The molecule has 2 amide bonds. The quantitative estimate of drug-likeness (QED) is 0.604. The van der Waals surface area contributed by atoms with Crippen molar-refractivity contribution in [1.29, 1.82) is 0 Å². The topological polar surface area (TPSA) is 53.4 Å². The van der Waals surface area contributed by atoms with Gasteiger partial charge in [0.05, 0.1) is 5.56 Å². The van der Waals surface area contributed by atoms with E-state index in [0.29, 0.717) is 5.82 Å². The minimum absolute atomic E-state index is 0.110. The number of amides is 2. The molecule has 1 aromatic carbocycles. The van der Waals surface area contributed by atoms with E-state index in [1.54, 1.807) is 17.8 Å². The molecule has 0 radical (unpaired) electrons. The Kier molecular flexibility index (Phi) is 6.69. The minimum atomic E-state index is -4.40. The third-order valence-corrected chi connectivity index (χ3v) is 5.89. The summed E-state index contributed by atoms with van der Waals surface area (Å²) in [5, 5.41) is 2.74. The predicted octanol–water partition coefficient (Wildman–Crippen LogP) is 4.70. The van der Waals surface area contributed by atoms with Gasteiger partial charge < -0.3 is 9.88 Å². The largest absolute Gasteiger partial charge is 0.417 e. The SMILES string of the molecule is CNC(=O)N(c1ccccc1)C1CCN(Cc2ccn(-c3ccc(C(F)(F)F)cn3)c2)CC1. The number of anilines is 1. The molecule has 4 rings (SSSR count). The van der Waals surface area contributed by atoms with E-state index >= 15 is 0 Å². The second-order valence-electron chi connectivity index (χ2n) is 8.10. The van der Waals surface area contributed by atoms with Crippen molar-refractivity contribution in [3.8, 4) is 5.82 Å². The highest BCUT2D eigenvalue weighted by atomic mass is 19.4. The minimum Gasteiger partial charge on any atom is -0.341 e. The van der Waals surface area contributed by atoms with E-state index in [1.807, 2.05) is 47.5 Å². The summed E-state index contributed by atoms with van der Waals surface area (Å²) in [6.45, 7) is 2.41. The maximum atomic E-state index is 12.7. The van der Waals surface area contributed by atoms with Crippen LogP contribution >= 0.6 is 0 Å². The van der Waals surface area contributed by atoms with Crippen LogP contribution in [-0.2, 0) is 12.7 Å². The monoisotopic (exact) mass is 457 g/mol. The Morgan fingerprint density at radius 3 is 2.45 bits per heavy atom. The molecule has 1 aliphatic heterocycles. The Bertz CT molecular complexity index is 1060. The van der Waals surface area contributed by atoms with Crippen molar-refractivity contribution in [2.24, 2.45) is 0 Å². The number of hydrogen-bond acceptors (Lipinski definition) is 3. The fourth-order valence-electron chi connectivity index (χ4n) is 4.18. The number of hydrogen-bond donors (Lipinski definition) is 1. The number of aromatic nitrogens is 2. The van der Waals surface area contributed by atoms with Crippen LogP contribution in [0.1, 0.15) is 24.0 Å². The number of likely N-dealkylation sites (tertiary alicyclic amines) is 1. The van der Waals surface area contributed by atoms with Gasteiger partial charge in [0.25, 0.3) is 0 Å². The van der Waals surface area contributed by atoms with Crippen LogP contribution in [0.15, 0.2) is 67.1 Å². The highest BCUT2D eigenvalue weighted by Crippen LogP contribution is 2.29. The molecule has 0 spiro atoms. The third-order valence-electron chi connectivity index (χ3n) is 5.89. The average Bonchev–Trinajstić information content (AvgIpc) is 3.29. The third kappa shape index (κ3) is 5.36. The molecular formula is C24H26F3N5O. The lowest BCUT2D eigenvalue weighted by atomic mass is 10.0. The molecule has 1 N–H and O–H groups in total. The summed E-state index contributed by atoms with van der Waals surface area (Å²) in [6.07, 6.45) is 1.86. The standard InChI is InChI=1S/C24H26F3N5O/c1-28-23(33)32(20-5-3-2-4-6-20)21-10-12-30(13-11-21)16-18-9-14-31(17-18)22-8-7-19(15-29-22)24(25,26)27/h2-9,14-15,17,21H,10-13,16H2,1H3,(H,28,33). The van der Waals surface area contributed by atoms with Gasteiger partial charge in [-0.15, -0.1) is 0 Å². The first-order valence-corrected chi connectivity index (χ1v) is 10.8. The lowest BCUT2D eigenvalue weighted by Gasteiger charge is -2.38. The number of urea groups is 1. The van der Waals surface area contributed by atoms with Crippen molar-refractivity contribution in [3.05, 3.63) is 78.2 Å². The van der Waals surface area contributed by atoms with Gasteiger partial charge in [-0.3, -0.25) is 9.80 Å². The molecule has 2 aromatic heterocycles. The Morgan fingerprint density at radius 2 is 1.85 bits per heavy atom. The molecule has 1 fully saturated rings. The van der Waals surface area contributed by atoms with E-state index < -0.39 is 11.7 Å². The zero-order chi connectivity index (χ0) is 23.4. The van der Waals surface area contributed by atoms with Gasteiger partial charge in [-0.05, 0) is 48.7 Å². The Hall–Kier alpha value is -3.33. The van der Waals surface area contributed by atoms with Crippen LogP contribution < -0.4 is 10.2 Å². The Balaban J connectivity index is 1.37. The van der Waals surface area contributed by atoms with Gasteiger partial charge in [0.2, 0.25) is 0 Å². The number of nitrogens with zero attached hydrogens (tertiary/aromatic N) is 4. The molecule has 9 heteroatoms. The van der Waals surface area contributed by atoms with Crippen molar-refractivity contribution in [2.45, 2.75) is 31.6 Å². The number of rotatable bonds is 5. The van der Waals surface area contributed by atoms with Crippen molar-refractivity contribution < 1.29 is 18.0 Å². The van der Waals surface area contributed by atoms with Crippen LogP contribution in [0.3, 0.4) is 0 Å². The van der Waals surface area contributed by atoms with Gasteiger partial charge >= 0.3 is 12.2 Å². The first-order chi connectivity index (χ1) is 15.8. The molecule has 1 saturated heterocycles. The number of piperidine rings is 1. The zero-order valence-electron chi connectivity index (χ0n) is 18.3. The average molecular weight is 458 g/mol. The highest BCUT2D eigenvalue weighted by molar-refractivity contribution is 5.92. The second kappa shape index (κ2) is 9.66. The van der Waals surface area contributed by atoms with E-state index in [4.69, 9.17) is 0 Å². The molecule has 174 valence electrons. The van der Waals surface area contributed by atoms with Gasteiger partial charge in [0.1, 0.15) is 5.82 Å². The van der Waals surface area contributed by atoms with Gasteiger partial charge in [-0.1, -0.05) is 18.2 Å². The first-order valence-electron chi connectivity index (χ1n) is 10.8. The van der Waals surface area contributed by atoms with Crippen LogP contribution in [0.5, 0.6) is 0 Å². The number of pyridine rings is 1. The number of alkyl halides is 3. The van der Waals surface area contributed by atoms with Crippen molar-refractivity contribution in [2.75, 3.05) is 25.0 Å². The van der Waals surface area contributed by atoms with E-state index in [0.717, 1.165) is 56.0 Å². The fraction of sp³-hybridized carbons (Fsp3) is 0.333. The molecule has 3 heterocycles. The lowest BCUT2D eigenvalue weighted by Crippen LogP contribution is -2.50. The molecule has 33 heavy (non-hydrogen) atoms. The second-order valence-corrected chi connectivity index (χ2v) is 8.10. The molecular weight excluding hydrogens is 431 g/mol. The normalized spacial score (nSPS) is 15.4. The van der Waals surface area contributed by atoms with E-state index in [1.165, 1.54) is 6.07 Å². The number of carbonyl (C=O) groups excluding carboxylic acids is 1. The first kappa shape index (κ1) is 22.8. The van der Waals surface area contributed by atoms with E-state index in [2.05, 4.69) is 15.2 Å². The van der Waals surface area contributed by atoms with Crippen LogP contribution in [0.2, 0.25) is 0 Å². The lowest BCUT2D eigenvalue weighted by molar-refractivity contribution is -0.137. The number of nitrogens with one attached hydrogen (secondary N) is 1. The number of carbonyl (C=O) groups is 1. The summed E-state index contributed by atoms with van der Waals surface area (Å²) in [7, 11) is 1.64. The Labute approximate surface area is 190 Å². The molecule has 0 unspecified atom stereocenters. The smallest absolute Gasteiger partial charge is 0.341 e. The molecule has 1 aliphatic rings. The molecule has 0 aliphatic carbocycles. The Morgan fingerprint density at radius 1 is 1.12 bits per heavy atom. The summed E-state index contributed by atoms with van der Waals surface area (Å²) in [4.78, 5) is 20.6. The fourth-order valence-corrected chi connectivity index (χ4v) is 4.18. The molecule has 0 bridgehead atoms.